The normalized spacial score (nSPS) is 18.8. The minimum Gasteiger partial charge on any atom is -0.372 e. The Morgan fingerprint density at radius 3 is 2.33 bits per heavy atom. The summed E-state index contributed by atoms with van der Waals surface area (Å²) in [4.78, 5) is 2.55. The minimum absolute atomic E-state index is 0.676. The molecule has 1 heterocycles. The largest absolute Gasteiger partial charge is 0.372 e. The molecule has 0 spiro atoms. The Morgan fingerprint density at radius 2 is 1.92 bits per heavy atom. The highest BCUT2D eigenvalue weighted by Gasteiger charge is 2.17. The van der Waals surface area contributed by atoms with Gasteiger partial charge in [0.2, 0.25) is 0 Å². The van der Waals surface area contributed by atoms with Crippen LogP contribution in [0.1, 0.15) is 47.0 Å². The summed E-state index contributed by atoms with van der Waals surface area (Å²) in [5, 5.41) is 0. The number of hydrogen-bond donors (Lipinski definition) is 0. The predicted octanol–water partition coefficient (Wildman–Crippen LogP) is 3.17. The molecule has 0 aromatic rings. The van der Waals surface area contributed by atoms with Crippen molar-refractivity contribution in [1.29, 1.82) is 0 Å². The lowest BCUT2D eigenvalue weighted by Crippen LogP contribution is -2.34. The fourth-order valence-electron chi connectivity index (χ4n) is 1.96. The molecule has 0 radical (unpaired) electrons. The maximum atomic E-state index is 2.55. The molecule has 1 aliphatic rings. The van der Waals surface area contributed by atoms with Gasteiger partial charge in [0.1, 0.15) is 0 Å². The van der Waals surface area contributed by atoms with Gasteiger partial charge >= 0.3 is 0 Å². The Morgan fingerprint density at radius 1 is 1.25 bits per heavy atom. The summed E-state index contributed by atoms with van der Waals surface area (Å²) in [6.45, 7) is 10.3. The predicted molar refractivity (Wildman–Crippen MR) is 54.1 cm³/mol. The summed E-state index contributed by atoms with van der Waals surface area (Å²) < 4.78 is 0. The monoisotopic (exact) mass is 167 g/mol. The van der Waals surface area contributed by atoms with E-state index in [4.69, 9.17) is 0 Å². The van der Waals surface area contributed by atoms with Crippen molar-refractivity contribution >= 4 is 0 Å². The van der Waals surface area contributed by atoms with Crippen molar-refractivity contribution in [3.8, 4) is 0 Å². The van der Waals surface area contributed by atoms with Gasteiger partial charge in [-0.1, -0.05) is 5.57 Å². The third-order valence-corrected chi connectivity index (χ3v) is 2.61. The van der Waals surface area contributed by atoms with Crippen LogP contribution in [-0.2, 0) is 0 Å². The molecule has 12 heavy (non-hydrogen) atoms. The smallest absolute Gasteiger partial charge is 0.0230 e. The van der Waals surface area contributed by atoms with Gasteiger partial charge in [-0.05, 0) is 47.0 Å². The summed E-state index contributed by atoms with van der Waals surface area (Å²) in [5.41, 5.74) is 3.10. The summed E-state index contributed by atoms with van der Waals surface area (Å²) in [7, 11) is 0. The molecule has 70 valence electrons. The van der Waals surface area contributed by atoms with Gasteiger partial charge < -0.3 is 4.90 Å². The maximum Gasteiger partial charge on any atom is 0.0230 e. The summed E-state index contributed by atoms with van der Waals surface area (Å²) >= 11 is 0. The first kappa shape index (κ1) is 9.63. The first-order valence-electron chi connectivity index (χ1n) is 5.06. The van der Waals surface area contributed by atoms with Crippen LogP contribution >= 0.6 is 0 Å². The van der Waals surface area contributed by atoms with Gasteiger partial charge in [-0.25, -0.2) is 0 Å². The number of hydrogen-bond acceptors (Lipinski definition) is 1. The molecular weight excluding hydrogens is 146 g/mol. The summed E-state index contributed by atoms with van der Waals surface area (Å²) in [6, 6.07) is 0.676. The second kappa shape index (κ2) is 3.97. The molecule has 0 aromatic heterocycles. The van der Waals surface area contributed by atoms with Crippen LogP contribution in [0.4, 0.5) is 0 Å². The van der Waals surface area contributed by atoms with Gasteiger partial charge in [0, 0.05) is 18.3 Å². The van der Waals surface area contributed by atoms with Crippen LogP contribution in [0.25, 0.3) is 0 Å². The maximum absolute atomic E-state index is 2.55. The van der Waals surface area contributed by atoms with E-state index in [1.807, 2.05) is 0 Å². The minimum atomic E-state index is 0.676. The summed E-state index contributed by atoms with van der Waals surface area (Å²) in [5.74, 6) is 0. The van der Waals surface area contributed by atoms with Crippen molar-refractivity contribution in [1.82, 2.24) is 4.90 Å². The van der Waals surface area contributed by atoms with Crippen molar-refractivity contribution in [3.63, 3.8) is 0 Å². The number of rotatable bonds is 1. The summed E-state index contributed by atoms with van der Waals surface area (Å²) in [6.07, 6.45) is 4.04. The van der Waals surface area contributed by atoms with E-state index < -0.39 is 0 Å². The van der Waals surface area contributed by atoms with Crippen LogP contribution in [0.15, 0.2) is 11.3 Å². The van der Waals surface area contributed by atoms with Gasteiger partial charge in [-0.3, -0.25) is 0 Å². The van der Waals surface area contributed by atoms with Crippen LogP contribution < -0.4 is 0 Å². The van der Waals surface area contributed by atoms with Gasteiger partial charge in [-0.15, -0.1) is 0 Å². The number of allylic oxidation sites excluding steroid dienone is 2. The Kier molecular flexibility index (Phi) is 3.19. The molecular formula is C11H21N. The standard InChI is InChI=1S/C11H21N/c1-9(2)11-7-5-6-8-12(11)10(3)4/h10H,5-8H2,1-4H3. The molecule has 1 fully saturated rings. The van der Waals surface area contributed by atoms with E-state index >= 15 is 0 Å². The molecule has 0 N–H and O–H groups in total. The first-order chi connectivity index (χ1) is 5.63. The molecule has 0 bridgehead atoms. The zero-order chi connectivity index (χ0) is 9.14. The quantitative estimate of drug-likeness (QED) is 0.580. The van der Waals surface area contributed by atoms with E-state index in [0.29, 0.717) is 6.04 Å². The van der Waals surface area contributed by atoms with E-state index in [0.717, 1.165) is 0 Å². The molecule has 0 atom stereocenters. The Bertz CT molecular complexity index is 175. The van der Waals surface area contributed by atoms with Crippen LogP contribution in [0.3, 0.4) is 0 Å². The molecule has 1 saturated heterocycles. The van der Waals surface area contributed by atoms with Crippen LogP contribution in [0.5, 0.6) is 0 Å². The van der Waals surface area contributed by atoms with Crippen molar-refractivity contribution in [3.05, 3.63) is 11.3 Å². The lowest BCUT2D eigenvalue weighted by atomic mass is 10.0. The van der Waals surface area contributed by atoms with Crippen LogP contribution in [0, 0.1) is 0 Å². The van der Waals surface area contributed by atoms with Gasteiger partial charge in [-0.2, -0.15) is 0 Å². The zero-order valence-corrected chi connectivity index (χ0v) is 8.85. The second-order valence-corrected chi connectivity index (χ2v) is 4.19. The number of likely N-dealkylation sites (tertiary alicyclic amines) is 1. The average molecular weight is 167 g/mol. The van der Waals surface area contributed by atoms with E-state index in [2.05, 4.69) is 32.6 Å². The third-order valence-electron chi connectivity index (χ3n) is 2.61. The Labute approximate surface area is 76.5 Å². The number of nitrogens with zero attached hydrogens (tertiary/aromatic N) is 1. The van der Waals surface area contributed by atoms with Gasteiger partial charge in [0.05, 0.1) is 0 Å². The molecule has 1 nitrogen and oxygen atoms in total. The fourth-order valence-corrected chi connectivity index (χ4v) is 1.96. The topological polar surface area (TPSA) is 3.24 Å². The van der Waals surface area contributed by atoms with Crippen LogP contribution in [0.2, 0.25) is 0 Å². The molecule has 0 amide bonds. The van der Waals surface area contributed by atoms with Crippen molar-refractivity contribution in [2.24, 2.45) is 0 Å². The number of piperidine rings is 1. The van der Waals surface area contributed by atoms with E-state index in [1.165, 1.54) is 31.4 Å². The molecule has 0 aromatic carbocycles. The van der Waals surface area contributed by atoms with E-state index in [1.54, 1.807) is 5.70 Å². The highest BCUT2D eigenvalue weighted by atomic mass is 15.2. The SMILES string of the molecule is CC(C)=C1CCCCN1C(C)C. The third kappa shape index (κ3) is 2.02. The van der Waals surface area contributed by atoms with Crippen molar-refractivity contribution in [2.75, 3.05) is 6.54 Å². The highest BCUT2D eigenvalue weighted by molar-refractivity contribution is 5.11. The molecule has 0 unspecified atom stereocenters. The van der Waals surface area contributed by atoms with Crippen molar-refractivity contribution < 1.29 is 0 Å². The molecule has 1 heteroatoms. The molecule has 1 aliphatic heterocycles. The molecule has 0 aliphatic carbocycles. The highest BCUT2D eigenvalue weighted by Crippen LogP contribution is 2.25. The Hall–Kier alpha value is -0.460. The fraction of sp³-hybridized carbons (Fsp3) is 0.818. The van der Waals surface area contributed by atoms with E-state index in [-0.39, 0.29) is 0 Å². The average Bonchev–Trinajstić information content (AvgIpc) is 2.04. The lowest BCUT2D eigenvalue weighted by molar-refractivity contribution is 0.238. The first-order valence-corrected chi connectivity index (χ1v) is 5.06. The second-order valence-electron chi connectivity index (χ2n) is 4.19. The van der Waals surface area contributed by atoms with Crippen LogP contribution in [-0.4, -0.2) is 17.5 Å². The van der Waals surface area contributed by atoms with Gasteiger partial charge in [0.25, 0.3) is 0 Å². The molecule has 1 rings (SSSR count). The van der Waals surface area contributed by atoms with E-state index in [9.17, 15) is 0 Å². The Balaban J connectivity index is 2.75. The van der Waals surface area contributed by atoms with Gasteiger partial charge in [0.15, 0.2) is 0 Å². The zero-order valence-electron chi connectivity index (χ0n) is 8.85. The molecule has 0 saturated carbocycles. The lowest BCUT2D eigenvalue weighted by Gasteiger charge is -2.36. The van der Waals surface area contributed by atoms with Crippen molar-refractivity contribution in [2.45, 2.75) is 53.0 Å².